The van der Waals surface area contributed by atoms with Crippen molar-refractivity contribution in [2.45, 2.75) is 19.4 Å². The van der Waals surface area contributed by atoms with Crippen molar-refractivity contribution >= 4 is 17.2 Å². The summed E-state index contributed by atoms with van der Waals surface area (Å²) in [7, 11) is 2.11. The van der Waals surface area contributed by atoms with E-state index >= 15 is 0 Å². The van der Waals surface area contributed by atoms with Crippen LogP contribution in [0.3, 0.4) is 0 Å². The van der Waals surface area contributed by atoms with E-state index in [2.05, 4.69) is 30.7 Å². The predicted molar refractivity (Wildman–Crippen MR) is 82.9 cm³/mol. The third-order valence-electron chi connectivity index (χ3n) is 3.44. The summed E-state index contributed by atoms with van der Waals surface area (Å²) in [5.41, 5.74) is 5.36. The Morgan fingerprint density at radius 2 is 2.30 bits per heavy atom. The van der Waals surface area contributed by atoms with Gasteiger partial charge in [0.05, 0.1) is 16.3 Å². The third-order valence-corrected chi connectivity index (χ3v) is 4.43. The number of rotatable bonds is 1. The smallest absolute Gasteiger partial charge is 0.264 e. The highest BCUT2D eigenvalue weighted by atomic mass is 32.1. The van der Waals surface area contributed by atoms with Gasteiger partial charge in [-0.05, 0) is 39.1 Å². The van der Waals surface area contributed by atoms with Gasteiger partial charge in [0.1, 0.15) is 0 Å². The zero-order valence-electron chi connectivity index (χ0n) is 12.1. The summed E-state index contributed by atoms with van der Waals surface area (Å²) >= 11 is 1.45. The molecule has 0 aromatic carbocycles. The van der Waals surface area contributed by atoms with Crippen molar-refractivity contribution < 1.29 is 4.79 Å². The molecule has 1 atom stereocenters. The summed E-state index contributed by atoms with van der Waals surface area (Å²) in [6, 6.07) is 4.01. The molecule has 4 nitrogen and oxygen atoms in total. The Hall–Kier alpha value is -1.35. The fraction of sp³-hybridized carbons (Fsp3) is 0.533. The first-order chi connectivity index (χ1) is 9.61. The molecule has 1 saturated heterocycles. The minimum absolute atomic E-state index is 0.124. The lowest BCUT2D eigenvalue weighted by atomic mass is 10.2. The molecule has 1 fully saturated rings. The van der Waals surface area contributed by atoms with Crippen LogP contribution in [0.15, 0.2) is 12.1 Å². The maximum Gasteiger partial charge on any atom is 0.264 e. The normalized spacial score (nSPS) is 20.1. The lowest BCUT2D eigenvalue weighted by Crippen LogP contribution is -2.41. The molecular formula is C15H21N3OS. The van der Waals surface area contributed by atoms with Crippen LogP contribution in [0.1, 0.15) is 27.9 Å². The number of amides is 1. The number of hydrogen-bond donors (Lipinski definition) is 1. The zero-order valence-corrected chi connectivity index (χ0v) is 12.9. The number of hydrogen-bond acceptors (Lipinski definition) is 4. The number of carbonyl (C=O) groups is 1. The van der Waals surface area contributed by atoms with Crippen LogP contribution in [-0.2, 0) is 0 Å². The van der Waals surface area contributed by atoms with Crippen LogP contribution in [-0.4, -0.2) is 55.0 Å². The highest BCUT2D eigenvalue weighted by Gasteiger charge is 2.25. The topological polar surface area (TPSA) is 49.6 Å². The van der Waals surface area contributed by atoms with E-state index in [1.54, 1.807) is 0 Å². The first-order valence-corrected chi connectivity index (χ1v) is 7.71. The van der Waals surface area contributed by atoms with Gasteiger partial charge in [0.2, 0.25) is 0 Å². The SMILES string of the molecule is CC1CN(C)CCCN1C(=O)c1ccc(C#CCN)s1. The van der Waals surface area contributed by atoms with Gasteiger partial charge in [0, 0.05) is 19.1 Å². The minimum atomic E-state index is 0.124. The van der Waals surface area contributed by atoms with Gasteiger partial charge in [0.25, 0.3) is 5.91 Å². The second-order valence-electron chi connectivity index (χ2n) is 5.13. The lowest BCUT2D eigenvalue weighted by molar-refractivity contribution is 0.0701. The Kier molecular flexibility index (Phi) is 5.18. The van der Waals surface area contributed by atoms with Crippen molar-refractivity contribution in [2.75, 3.05) is 33.2 Å². The van der Waals surface area contributed by atoms with Crippen molar-refractivity contribution in [3.05, 3.63) is 21.9 Å². The van der Waals surface area contributed by atoms with Crippen molar-refractivity contribution in [3.63, 3.8) is 0 Å². The molecule has 1 aromatic heterocycles. The van der Waals surface area contributed by atoms with Gasteiger partial charge in [-0.25, -0.2) is 0 Å². The highest BCUT2D eigenvalue weighted by molar-refractivity contribution is 7.14. The van der Waals surface area contributed by atoms with Gasteiger partial charge >= 0.3 is 0 Å². The molecule has 2 N–H and O–H groups in total. The van der Waals surface area contributed by atoms with Gasteiger partial charge in [0.15, 0.2) is 0 Å². The van der Waals surface area contributed by atoms with Crippen molar-refractivity contribution in [3.8, 4) is 11.8 Å². The average Bonchev–Trinajstić information content (AvgIpc) is 2.82. The molecular weight excluding hydrogens is 270 g/mol. The number of nitrogens with zero attached hydrogens (tertiary/aromatic N) is 2. The average molecular weight is 291 g/mol. The van der Waals surface area contributed by atoms with Crippen LogP contribution in [0.4, 0.5) is 0 Å². The first-order valence-electron chi connectivity index (χ1n) is 6.90. The zero-order chi connectivity index (χ0) is 14.5. The fourth-order valence-corrected chi connectivity index (χ4v) is 3.31. The molecule has 0 spiro atoms. The summed E-state index contributed by atoms with van der Waals surface area (Å²) in [6.45, 7) is 5.26. The largest absolute Gasteiger partial charge is 0.334 e. The van der Waals surface area contributed by atoms with E-state index in [9.17, 15) is 4.79 Å². The van der Waals surface area contributed by atoms with Gasteiger partial charge in [-0.15, -0.1) is 11.3 Å². The van der Waals surface area contributed by atoms with Gasteiger partial charge in [-0.1, -0.05) is 11.8 Å². The van der Waals surface area contributed by atoms with Crippen LogP contribution in [0.5, 0.6) is 0 Å². The molecule has 1 aliphatic rings. The van der Waals surface area contributed by atoms with E-state index in [1.807, 2.05) is 17.0 Å². The molecule has 0 saturated carbocycles. The molecule has 1 aromatic rings. The van der Waals surface area contributed by atoms with Crippen LogP contribution in [0.2, 0.25) is 0 Å². The van der Waals surface area contributed by atoms with Gasteiger partial charge in [-0.3, -0.25) is 4.79 Å². The van der Waals surface area contributed by atoms with E-state index in [-0.39, 0.29) is 11.9 Å². The molecule has 108 valence electrons. The molecule has 2 heterocycles. The van der Waals surface area contributed by atoms with E-state index in [0.717, 1.165) is 35.8 Å². The Morgan fingerprint density at radius 1 is 1.50 bits per heavy atom. The standard InChI is InChI=1S/C15H21N3OS/c1-12-11-17(2)9-4-10-18(12)15(19)14-7-6-13(20-14)5-3-8-16/h6-7,12H,4,8-11,16H2,1-2H3. The Labute approximate surface area is 124 Å². The quantitative estimate of drug-likeness (QED) is 0.792. The minimum Gasteiger partial charge on any atom is -0.334 e. The Morgan fingerprint density at radius 3 is 3.05 bits per heavy atom. The molecule has 0 aliphatic carbocycles. The second-order valence-corrected chi connectivity index (χ2v) is 6.22. The Balaban J connectivity index is 2.11. The maximum atomic E-state index is 12.6. The Bertz CT molecular complexity index is 529. The summed E-state index contributed by atoms with van der Waals surface area (Å²) in [6.07, 6.45) is 1.03. The molecule has 1 unspecified atom stereocenters. The van der Waals surface area contributed by atoms with E-state index in [4.69, 9.17) is 5.73 Å². The van der Waals surface area contributed by atoms with Crippen LogP contribution < -0.4 is 5.73 Å². The van der Waals surface area contributed by atoms with Crippen molar-refractivity contribution in [2.24, 2.45) is 5.73 Å². The van der Waals surface area contributed by atoms with E-state index in [0.29, 0.717) is 6.54 Å². The van der Waals surface area contributed by atoms with Crippen molar-refractivity contribution in [1.82, 2.24) is 9.80 Å². The molecule has 20 heavy (non-hydrogen) atoms. The first kappa shape index (κ1) is 15.0. The third kappa shape index (κ3) is 3.60. The molecule has 1 amide bonds. The summed E-state index contributed by atoms with van der Waals surface area (Å²) in [4.78, 5) is 18.5. The number of thiophene rings is 1. The predicted octanol–water partition coefficient (Wildman–Crippen LogP) is 1.22. The number of nitrogens with two attached hydrogens (primary N) is 1. The van der Waals surface area contributed by atoms with E-state index < -0.39 is 0 Å². The van der Waals surface area contributed by atoms with Gasteiger partial charge < -0.3 is 15.5 Å². The summed E-state index contributed by atoms with van der Waals surface area (Å²) in [5.74, 6) is 5.92. The number of carbonyl (C=O) groups excluding carboxylic acids is 1. The van der Waals surface area contributed by atoms with Gasteiger partial charge in [-0.2, -0.15) is 0 Å². The monoisotopic (exact) mass is 291 g/mol. The summed E-state index contributed by atoms with van der Waals surface area (Å²) in [5, 5.41) is 0. The molecule has 2 rings (SSSR count). The lowest BCUT2D eigenvalue weighted by Gasteiger charge is -2.27. The van der Waals surface area contributed by atoms with Crippen LogP contribution in [0.25, 0.3) is 0 Å². The molecule has 1 aliphatic heterocycles. The maximum absolute atomic E-state index is 12.6. The molecule has 0 bridgehead atoms. The molecule has 0 radical (unpaired) electrons. The van der Waals surface area contributed by atoms with Crippen molar-refractivity contribution in [1.29, 1.82) is 0 Å². The van der Waals surface area contributed by atoms with Crippen LogP contribution >= 0.6 is 11.3 Å². The number of likely N-dealkylation sites (N-methyl/N-ethyl adjacent to an activating group) is 1. The van der Waals surface area contributed by atoms with Crippen LogP contribution in [0, 0.1) is 11.8 Å². The highest BCUT2D eigenvalue weighted by Crippen LogP contribution is 2.20. The fourth-order valence-electron chi connectivity index (χ4n) is 2.47. The van der Waals surface area contributed by atoms with E-state index in [1.165, 1.54) is 11.3 Å². The molecule has 5 heteroatoms. The second kappa shape index (κ2) is 6.89. The summed E-state index contributed by atoms with van der Waals surface area (Å²) < 4.78 is 0.